The standard InChI is InChI=1S/C15H21BrN2O2/c1-10(2)8-18(12(4)19)9-15(20)17-13-5-6-14(16)11(3)7-13/h5-7,10H,8-9H2,1-4H3,(H,17,20). The average Bonchev–Trinajstić information content (AvgIpc) is 2.32. The van der Waals surface area contributed by atoms with Gasteiger partial charge in [-0.25, -0.2) is 0 Å². The lowest BCUT2D eigenvalue weighted by Crippen LogP contribution is -2.38. The summed E-state index contributed by atoms with van der Waals surface area (Å²) in [4.78, 5) is 25.1. The molecule has 0 aliphatic heterocycles. The fourth-order valence-electron chi connectivity index (χ4n) is 1.84. The lowest BCUT2D eigenvalue weighted by atomic mass is 10.2. The van der Waals surface area contributed by atoms with E-state index in [9.17, 15) is 9.59 Å². The number of hydrogen-bond acceptors (Lipinski definition) is 2. The molecule has 0 aliphatic carbocycles. The highest BCUT2D eigenvalue weighted by molar-refractivity contribution is 9.10. The van der Waals surface area contributed by atoms with Gasteiger partial charge in [-0.15, -0.1) is 0 Å². The molecule has 0 unspecified atom stereocenters. The van der Waals surface area contributed by atoms with Gasteiger partial charge in [0.15, 0.2) is 0 Å². The van der Waals surface area contributed by atoms with Crippen LogP contribution in [0.3, 0.4) is 0 Å². The molecular formula is C15H21BrN2O2. The summed E-state index contributed by atoms with van der Waals surface area (Å²) in [5.41, 5.74) is 1.79. The van der Waals surface area contributed by atoms with Crippen LogP contribution in [-0.2, 0) is 9.59 Å². The highest BCUT2D eigenvalue weighted by Gasteiger charge is 2.15. The van der Waals surface area contributed by atoms with E-state index in [2.05, 4.69) is 21.2 Å². The molecule has 4 nitrogen and oxygen atoms in total. The van der Waals surface area contributed by atoms with E-state index < -0.39 is 0 Å². The number of aryl methyl sites for hydroxylation is 1. The molecule has 0 fully saturated rings. The zero-order chi connectivity index (χ0) is 15.3. The van der Waals surface area contributed by atoms with Gasteiger partial charge in [0.05, 0.1) is 6.54 Å². The lowest BCUT2D eigenvalue weighted by molar-refractivity contribution is -0.133. The minimum atomic E-state index is -0.178. The predicted octanol–water partition coefficient (Wildman–Crippen LogP) is 3.20. The van der Waals surface area contributed by atoms with Crippen LogP contribution in [0.4, 0.5) is 5.69 Å². The molecule has 0 bridgehead atoms. The number of nitrogens with one attached hydrogen (secondary N) is 1. The summed E-state index contributed by atoms with van der Waals surface area (Å²) in [6, 6.07) is 5.61. The largest absolute Gasteiger partial charge is 0.333 e. The Balaban J connectivity index is 2.65. The van der Waals surface area contributed by atoms with Crippen LogP contribution in [0.5, 0.6) is 0 Å². The number of nitrogens with zero attached hydrogens (tertiary/aromatic N) is 1. The Morgan fingerprint density at radius 1 is 1.35 bits per heavy atom. The van der Waals surface area contributed by atoms with E-state index >= 15 is 0 Å². The van der Waals surface area contributed by atoms with E-state index in [0.29, 0.717) is 12.5 Å². The third kappa shape index (κ3) is 5.33. The third-order valence-electron chi connectivity index (χ3n) is 2.81. The molecule has 0 aliphatic rings. The molecule has 1 rings (SSSR count). The quantitative estimate of drug-likeness (QED) is 0.894. The van der Waals surface area contributed by atoms with Gasteiger partial charge in [-0.05, 0) is 36.6 Å². The minimum Gasteiger partial charge on any atom is -0.333 e. The first-order valence-electron chi connectivity index (χ1n) is 6.61. The SMILES string of the molecule is CC(=O)N(CC(=O)Nc1ccc(Br)c(C)c1)CC(C)C. The van der Waals surface area contributed by atoms with Gasteiger partial charge in [0, 0.05) is 23.6 Å². The number of rotatable bonds is 5. The fraction of sp³-hybridized carbons (Fsp3) is 0.467. The fourth-order valence-corrected chi connectivity index (χ4v) is 2.09. The molecule has 110 valence electrons. The zero-order valence-electron chi connectivity index (χ0n) is 12.4. The van der Waals surface area contributed by atoms with Crippen molar-refractivity contribution in [3.8, 4) is 0 Å². The van der Waals surface area contributed by atoms with E-state index in [0.717, 1.165) is 15.7 Å². The third-order valence-corrected chi connectivity index (χ3v) is 3.70. The predicted molar refractivity (Wildman–Crippen MR) is 84.6 cm³/mol. The topological polar surface area (TPSA) is 49.4 Å². The molecule has 0 spiro atoms. The number of anilines is 1. The Morgan fingerprint density at radius 3 is 2.50 bits per heavy atom. The summed E-state index contributed by atoms with van der Waals surface area (Å²) >= 11 is 3.42. The van der Waals surface area contributed by atoms with E-state index in [1.807, 2.05) is 39.0 Å². The van der Waals surface area contributed by atoms with Gasteiger partial charge in [-0.1, -0.05) is 29.8 Å². The summed E-state index contributed by atoms with van der Waals surface area (Å²) in [7, 11) is 0. The van der Waals surface area contributed by atoms with Gasteiger partial charge in [0.25, 0.3) is 0 Å². The molecule has 0 saturated carbocycles. The minimum absolute atomic E-state index is 0.0826. The van der Waals surface area contributed by atoms with Crippen LogP contribution in [0.25, 0.3) is 0 Å². The second-order valence-electron chi connectivity index (χ2n) is 5.31. The van der Waals surface area contributed by atoms with Crippen molar-refractivity contribution < 1.29 is 9.59 Å². The normalized spacial score (nSPS) is 10.5. The number of carbonyl (C=O) groups excluding carboxylic acids is 2. The molecule has 0 aromatic heterocycles. The Hall–Kier alpha value is -1.36. The molecule has 1 N–H and O–H groups in total. The van der Waals surface area contributed by atoms with Crippen molar-refractivity contribution in [1.29, 1.82) is 0 Å². The first kappa shape index (κ1) is 16.7. The van der Waals surface area contributed by atoms with Crippen LogP contribution < -0.4 is 5.32 Å². The molecule has 0 atom stereocenters. The first-order chi connectivity index (χ1) is 9.29. The molecule has 20 heavy (non-hydrogen) atoms. The summed E-state index contributed by atoms with van der Waals surface area (Å²) in [5, 5.41) is 2.81. The Kier molecular flexibility index (Phi) is 6.20. The molecular weight excluding hydrogens is 320 g/mol. The number of hydrogen-bond donors (Lipinski definition) is 1. The maximum Gasteiger partial charge on any atom is 0.243 e. The van der Waals surface area contributed by atoms with Crippen molar-refractivity contribution in [2.45, 2.75) is 27.7 Å². The van der Waals surface area contributed by atoms with Gasteiger partial charge in [-0.3, -0.25) is 9.59 Å². The van der Waals surface area contributed by atoms with Gasteiger partial charge in [0.1, 0.15) is 0 Å². The van der Waals surface area contributed by atoms with Crippen molar-refractivity contribution in [3.63, 3.8) is 0 Å². The Labute approximate surface area is 128 Å². The first-order valence-corrected chi connectivity index (χ1v) is 7.40. The molecule has 0 heterocycles. The highest BCUT2D eigenvalue weighted by Crippen LogP contribution is 2.19. The van der Waals surface area contributed by atoms with Gasteiger partial charge >= 0.3 is 0 Å². The highest BCUT2D eigenvalue weighted by atomic mass is 79.9. The molecule has 1 aromatic rings. The van der Waals surface area contributed by atoms with Crippen LogP contribution in [0.2, 0.25) is 0 Å². The van der Waals surface area contributed by atoms with Crippen molar-refractivity contribution in [3.05, 3.63) is 28.2 Å². The Bertz CT molecular complexity index is 501. The van der Waals surface area contributed by atoms with Gasteiger partial charge in [-0.2, -0.15) is 0 Å². The average molecular weight is 341 g/mol. The van der Waals surface area contributed by atoms with Crippen LogP contribution in [0, 0.1) is 12.8 Å². The number of carbonyl (C=O) groups is 2. The molecule has 0 saturated heterocycles. The van der Waals surface area contributed by atoms with Crippen LogP contribution in [-0.4, -0.2) is 29.8 Å². The van der Waals surface area contributed by atoms with E-state index in [1.165, 1.54) is 6.92 Å². The zero-order valence-corrected chi connectivity index (χ0v) is 14.0. The lowest BCUT2D eigenvalue weighted by Gasteiger charge is -2.22. The van der Waals surface area contributed by atoms with Crippen molar-refractivity contribution in [1.82, 2.24) is 4.90 Å². The van der Waals surface area contributed by atoms with Crippen molar-refractivity contribution in [2.75, 3.05) is 18.4 Å². The Morgan fingerprint density at radius 2 is 2.00 bits per heavy atom. The maximum absolute atomic E-state index is 12.0. The summed E-state index contributed by atoms with van der Waals surface area (Å²) in [6.45, 7) is 8.16. The monoisotopic (exact) mass is 340 g/mol. The maximum atomic E-state index is 12.0. The summed E-state index contributed by atoms with van der Waals surface area (Å²) in [5.74, 6) is 0.0741. The summed E-state index contributed by atoms with van der Waals surface area (Å²) < 4.78 is 1.00. The van der Waals surface area contributed by atoms with Gasteiger partial charge < -0.3 is 10.2 Å². The van der Waals surface area contributed by atoms with Crippen LogP contribution in [0.15, 0.2) is 22.7 Å². The van der Waals surface area contributed by atoms with Crippen LogP contribution in [0.1, 0.15) is 26.3 Å². The number of halogens is 1. The van der Waals surface area contributed by atoms with E-state index in [1.54, 1.807) is 4.90 Å². The smallest absolute Gasteiger partial charge is 0.243 e. The molecule has 2 amide bonds. The molecule has 5 heteroatoms. The number of amides is 2. The van der Waals surface area contributed by atoms with E-state index in [-0.39, 0.29) is 18.4 Å². The number of benzene rings is 1. The molecule has 0 radical (unpaired) electrons. The second-order valence-corrected chi connectivity index (χ2v) is 6.16. The van der Waals surface area contributed by atoms with Crippen molar-refractivity contribution >= 4 is 33.4 Å². The van der Waals surface area contributed by atoms with Gasteiger partial charge in [0.2, 0.25) is 11.8 Å². The summed E-state index contributed by atoms with van der Waals surface area (Å²) in [6.07, 6.45) is 0. The second kappa shape index (κ2) is 7.43. The van der Waals surface area contributed by atoms with Crippen molar-refractivity contribution in [2.24, 2.45) is 5.92 Å². The van der Waals surface area contributed by atoms with E-state index in [4.69, 9.17) is 0 Å². The molecule has 1 aromatic carbocycles. The van der Waals surface area contributed by atoms with Crippen LogP contribution >= 0.6 is 15.9 Å².